The molecule has 7 rings (SSSR count). The molecule has 6 nitrogen and oxygen atoms in total. The highest BCUT2D eigenvalue weighted by atomic mass is 16.5. The molecule has 0 bridgehead atoms. The molecule has 0 saturated carbocycles. The Morgan fingerprint density at radius 1 is 0.972 bits per heavy atom. The Morgan fingerprint density at radius 2 is 1.67 bits per heavy atom. The van der Waals surface area contributed by atoms with Gasteiger partial charge in [0.25, 0.3) is 0 Å². The van der Waals surface area contributed by atoms with Gasteiger partial charge in [0.2, 0.25) is 0 Å². The van der Waals surface area contributed by atoms with E-state index >= 15 is 0 Å². The third-order valence-electron chi connectivity index (χ3n) is 8.71. The van der Waals surface area contributed by atoms with Crippen LogP contribution >= 0.6 is 0 Å². The van der Waals surface area contributed by atoms with Crippen molar-refractivity contribution in [3.63, 3.8) is 0 Å². The van der Waals surface area contributed by atoms with Crippen molar-refractivity contribution < 1.29 is 14.6 Å². The third-order valence-corrected chi connectivity index (χ3v) is 8.71. The third kappa shape index (κ3) is 2.65. The summed E-state index contributed by atoms with van der Waals surface area (Å²) >= 11 is 0. The van der Waals surface area contributed by atoms with Gasteiger partial charge in [0.15, 0.2) is 6.23 Å². The Hall–Kier alpha value is -2.90. The molecule has 3 aromatic carbocycles. The first-order chi connectivity index (χ1) is 17.5. The van der Waals surface area contributed by atoms with Crippen molar-refractivity contribution in [2.24, 2.45) is 0 Å². The molecule has 0 amide bonds. The summed E-state index contributed by atoms with van der Waals surface area (Å²) in [5.41, 5.74) is 7.29. The monoisotopic (exact) mass is 483 g/mol. The summed E-state index contributed by atoms with van der Waals surface area (Å²) in [6.45, 7) is 5.90. The van der Waals surface area contributed by atoms with Crippen molar-refractivity contribution in [1.82, 2.24) is 14.5 Å². The fourth-order valence-electron chi connectivity index (χ4n) is 7.35. The zero-order valence-corrected chi connectivity index (χ0v) is 21.3. The van der Waals surface area contributed by atoms with Crippen LogP contribution in [0.5, 0.6) is 0 Å². The normalized spacial score (nSPS) is 25.9. The number of para-hydroxylation sites is 2. The summed E-state index contributed by atoms with van der Waals surface area (Å²) in [5.74, 6) is 0. The number of nitrogens with zero attached hydrogens (tertiary/aromatic N) is 2. The maximum atomic E-state index is 11.5. The molecule has 4 heterocycles. The van der Waals surface area contributed by atoms with Crippen molar-refractivity contribution in [3.8, 4) is 0 Å². The molecule has 0 aliphatic carbocycles. The van der Waals surface area contributed by atoms with E-state index in [9.17, 15) is 5.11 Å². The molecule has 0 radical (unpaired) electrons. The number of aromatic nitrogens is 2. The molecule has 2 aliphatic heterocycles. The van der Waals surface area contributed by atoms with Crippen molar-refractivity contribution in [3.05, 3.63) is 59.7 Å². The molecule has 6 heteroatoms. The molecule has 0 saturated heterocycles. The molecule has 2 aromatic heterocycles. The Balaban J connectivity index is 1.82. The molecular formula is C30H33N3O3. The Bertz CT molecular complexity index is 1660. The first-order valence-electron chi connectivity index (χ1n) is 13.0. The molecule has 4 atom stereocenters. The molecule has 0 spiro atoms. The molecule has 186 valence electrons. The van der Waals surface area contributed by atoms with Crippen LogP contribution in [0.1, 0.15) is 44.0 Å². The van der Waals surface area contributed by atoms with Crippen LogP contribution in [-0.4, -0.2) is 40.7 Å². The second-order valence-electron chi connectivity index (χ2n) is 10.6. The second kappa shape index (κ2) is 7.80. The van der Waals surface area contributed by atoms with Crippen molar-refractivity contribution in [1.29, 1.82) is 0 Å². The van der Waals surface area contributed by atoms with E-state index in [4.69, 9.17) is 9.47 Å². The number of rotatable bonds is 4. The van der Waals surface area contributed by atoms with Crippen LogP contribution in [0.15, 0.2) is 48.5 Å². The van der Waals surface area contributed by atoms with Crippen LogP contribution in [0.2, 0.25) is 0 Å². The highest BCUT2D eigenvalue weighted by Gasteiger charge is 2.42. The van der Waals surface area contributed by atoms with Crippen molar-refractivity contribution >= 4 is 43.6 Å². The van der Waals surface area contributed by atoms with E-state index < -0.39 is 18.4 Å². The van der Waals surface area contributed by atoms with Gasteiger partial charge in [-0.05, 0) is 36.6 Å². The predicted octanol–water partition coefficient (Wildman–Crippen LogP) is 5.56. The number of hydrogen-bond acceptors (Lipinski definition) is 4. The van der Waals surface area contributed by atoms with E-state index in [2.05, 4.69) is 76.8 Å². The van der Waals surface area contributed by atoms with Gasteiger partial charge >= 0.3 is 0 Å². The Kier molecular flexibility index (Phi) is 4.83. The average molecular weight is 484 g/mol. The van der Waals surface area contributed by atoms with Crippen LogP contribution in [0.25, 0.3) is 43.6 Å². The minimum Gasteiger partial charge on any atom is -0.388 e. The zero-order chi connectivity index (χ0) is 24.8. The van der Waals surface area contributed by atoms with E-state index in [1.165, 1.54) is 43.7 Å². The number of ether oxygens (including phenoxy) is 2. The Morgan fingerprint density at radius 3 is 2.36 bits per heavy atom. The summed E-state index contributed by atoms with van der Waals surface area (Å²) in [7, 11) is 3.38. The summed E-state index contributed by atoms with van der Waals surface area (Å²) < 4.78 is 16.7. The van der Waals surface area contributed by atoms with Crippen molar-refractivity contribution in [2.75, 3.05) is 14.2 Å². The predicted molar refractivity (Wildman–Crippen MR) is 144 cm³/mol. The van der Waals surface area contributed by atoms with E-state index in [-0.39, 0.29) is 5.54 Å². The van der Waals surface area contributed by atoms with Gasteiger partial charge in [-0.2, -0.15) is 0 Å². The molecule has 0 fully saturated rings. The van der Waals surface area contributed by atoms with Crippen LogP contribution < -0.4 is 5.32 Å². The summed E-state index contributed by atoms with van der Waals surface area (Å²) in [4.78, 5) is 0. The lowest BCUT2D eigenvalue weighted by molar-refractivity contribution is -0.126. The van der Waals surface area contributed by atoms with Gasteiger partial charge in [0, 0.05) is 53.4 Å². The molecule has 2 aliphatic rings. The number of hydrogen-bond donors (Lipinski definition) is 2. The number of benzene rings is 3. The molecule has 36 heavy (non-hydrogen) atoms. The van der Waals surface area contributed by atoms with E-state index in [1.807, 2.05) is 0 Å². The SMILES string of the molecule is CCCC1(C)NCc2c1c1c3ccccc3n3c1c1c2c2ccccc2n1C(OC)C(OC)C(O)C3. The van der Waals surface area contributed by atoms with Crippen LogP contribution in [0.4, 0.5) is 0 Å². The average Bonchev–Trinajstić information content (AvgIpc) is 3.50. The van der Waals surface area contributed by atoms with Crippen LogP contribution in [0, 0.1) is 0 Å². The first kappa shape index (κ1) is 22.3. The summed E-state index contributed by atoms with van der Waals surface area (Å²) in [5, 5.41) is 20.5. The van der Waals surface area contributed by atoms with Gasteiger partial charge < -0.3 is 29.0 Å². The minimum absolute atomic E-state index is 0.118. The van der Waals surface area contributed by atoms with Gasteiger partial charge in [0.1, 0.15) is 12.2 Å². The van der Waals surface area contributed by atoms with Gasteiger partial charge in [0.05, 0.1) is 23.1 Å². The summed E-state index contributed by atoms with van der Waals surface area (Å²) in [6.07, 6.45) is 0.445. The quantitative estimate of drug-likeness (QED) is 0.352. The topological polar surface area (TPSA) is 60.6 Å². The lowest BCUT2D eigenvalue weighted by Crippen LogP contribution is -2.41. The number of fused-ring (bicyclic) bond motifs is 9. The van der Waals surface area contributed by atoms with Gasteiger partial charge in [-0.3, -0.25) is 0 Å². The second-order valence-corrected chi connectivity index (χ2v) is 10.6. The standard InChI is InChI=1S/C30H33N3O3/c1-5-14-30(2)25-19(15-31-30)23-18-11-7-9-13-21(18)33-27(23)26-24(25)17-10-6-8-12-20(17)32(26)16-22(34)28(35-3)29(33)36-4/h6-13,22,28-29,31,34H,5,14-16H2,1-4H3. The fraction of sp³-hybridized carbons (Fsp3) is 0.400. The number of aliphatic hydroxyl groups excluding tert-OH is 1. The van der Waals surface area contributed by atoms with Gasteiger partial charge in [-0.25, -0.2) is 0 Å². The van der Waals surface area contributed by atoms with Gasteiger partial charge in [-0.1, -0.05) is 49.7 Å². The zero-order valence-electron chi connectivity index (χ0n) is 21.3. The minimum atomic E-state index is -0.739. The van der Waals surface area contributed by atoms with E-state index in [0.29, 0.717) is 6.54 Å². The number of methoxy groups -OCH3 is 2. The number of aliphatic hydroxyl groups is 1. The maximum Gasteiger partial charge on any atom is 0.163 e. The molecular weight excluding hydrogens is 450 g/mol. The smallest absolute Gasteiger partial charge is 0.163 e. The highest BCUT2D eigenvalue weighted by molar-refractivity contribution is 6.25. The molecule has 4 unspecified atom stereocenters. The first-order valence-corrected chi connectivity index (χ1v) is 13.0. The van der Waals surface area contributed by atoms with Crippen LogP contribution in [-0.2, 0) is 28.1 Å². The van der Waals surface area contributed by atoms with Crippen molar-refractivity contribution in [2.45, 2.75) is 63.8 Å². The van der Waals surface area contributed by atoms with Crippen LogP contribution in [0.3, 0.4) is 0 Å². The molecule has 2 N–H and O–H groups in total. The lowest BCUT2D eigenvalue weighted by Gasteiger charge is -2.33. The van der Waals surface area contributed by atoms with Gasteiger partial charge in [-0.15, -0.1) is 0 Å². The lowest BCUT2D eigenvalue weighted by atomic mass is 9.83. The summed E-state index contributed by atoms with van der Waals surface area (Å²) in [6, 6.07) is 17.2. The largest absolute Gasteiger partial charge is 0.388 e. The Labute approximate surface area is 210 Å². The van der Waals surface area contributed by atoms with E-state index in [0.717, 1.165) is 30.4 Å². The highest BCUT2D eigenvalue weighted by Crippen LogP contribution is 2.51. The maximum absolute atomic E-state index is 11.5. The number of nitrogens with one attached hydrogen (secondary N) is 1. The van der Waals surface area contributed by atoms with E-state index in [1.54, 1.807) is 14.2 Å². The fourth-order valence-corrected chi connectivity index (χ4v) is 7.35. The molecule has 5 aromatic rings.